The first kappa shape index (κ1) is 23.3. The molecule has 0 spiro atoms. The van der Waals surface area contributed by atoms with Crippen LogP contribution in [0.5, 0.6) is 5.75 Å². The zero-order chi connectivity index (χ0) is 23.8. The average molecular weight is 439 g/mol. The Morgan fingerprint density at radius 3 is 1.78 bits per heavy atom. The van der Waals surface area contributed by atoms with Crippen LogP contribution in [-0.4, -0.2) is 19.9 Å². The Morgan fingerprint density at radius 2 is 1.31 bits per heavy atom. The smallest absolute Gasteiger partial charge is 0.324 e. The molecule has 12 heteroatoms. The number of hydrogen-bond donors (Lipinski definition) is 3. The maximum atomic E-state index is 10.4. The van der Waals surface area contributed by atoms with E-state index in [-0.39, 0.29) is 0 Å². The zero-order valence-electron chi connectivity index (χ0n) is 16.3. The second-order valence-corrected chi connectivity index (χ2v) is 6.24. The number of rotatable bonds is 5. The van der Waals surface area contributed by atoms with Crippen molar-refractivity contribution in [2.75, 3.05) is 11.5 Å². The van der Waals surface area contributed by atoms with Gasteiger partial charge in [0.15, 0.2) is 0 Å². The highest BCUT2D eigenvalue weighted by atomic mass is 16.6. The van der Waals surface area contributed by atoms with E-state index >= 15 is 0 Å². The second kappa shape index (κ2) is 10.2. The number of nitro benzene ring substituents is 3. The summed E-state index contributed by atoms with van der Waals surface area (Å²) < 4.78 is 0. The average Bonchev–Trinajstić information content (AvgIpc) is 2.74. The molecule has 3 aromatic carbocycles. The minimum Gasteiger partial charge on any atom is -0.497 e. The fourth-order valence-electron chi connectivity index (χ4n) is 2.47. The van der Waals surface area contributed by atoms with Gasteiger partial charge in [0.25, 0.3) is 11.4 Å². The summed E-state index contributed by atoms with van der Waals surface area (Å²) in [5.41, 5.74) is 12.0. The third-order valence-electron chi connectivity index (χ3n) is 4.02. The Hall–Kier alpha value is -5.00. The van der Waals surface area contributed by atoms with Gasteiger partial charge in [-0.3, -0.25) is 30.3 Å². The van der Waals surface area contributed by atoms with Gasteiger partial charge in [0.2, 0.25) is 0 Å². The second-order valence-electron chi connectivity index (χ2n) is 6.24. The number of hydrogen-bond acceptors (Lipinski definition) is 9. The van der Waals surface area contributed by atoms with Crippen LogP contribution in [-0.2, 0) is 0 Å². The van der Waals surface area contributed by atoms with Gasteiger partial charge in [-0.25, -0.2) is 0 Å². The summed E-state index contributed by atoms with van der Waals surface area (Å²) in [4.78, 5) is 27.8. The van der Waals surface area contributed by atoms with Gasteiger partial charge in [-0.2, -0.15) is 0 Å². The molecule has 0 saturated heterocycles. The van der Waals surface area contributed by atoms with Crippen LogP contribution < -0.4 is 11.5 Å². The van der Waals surface area contributed by atoms with Gasteiger partial charge < -0.3 is 16.6 Å². The Balaban J connectivity index is 0.000000227. The maximum absolute atomic E-state index is 10.4. The number of non-ortho nitro benzene ring substituents is 1. The predicted molar refractivity (Wildman–Crippen MR) is 119 cm³/mol. The van der Waals surface area contributed by atoms with Crippen LogP contribution in [0.3, 0.4) is 0 Å². The van der Waals surface area contributed by atoms with Crippen LogP contribution in [0, 0.1) is 30.3 Å². The predicted octanol–water partition coefficient (Wildman–Crippen LogP) is 4.14. The van der Waals surface area contributed by atoms with Crippen molar-refractivity contribution >= 4 is 40.6 Å². The Morgan fingerprint density at radius 1 is 0.750 bits per heavy atom. The van der Waals surface area contributed by atoms with Crippen molar-refractivity contribution in [1.82, 2.24) is 0 Å². The molecule has 0 amide bonds. The third kappa shape index (κ3) is 6.00. The van der Waals surface area contributed by atoms with Crippen LogP contribution in [0.4, 0.5) is 28.4 Å². The molecule has 0 heterocycles. The molecule has 32 heavy (non-hydrogen) atoms. The van der Waals surface area contributed by atoms with E-state index < -0.39 is 37.6 Å². The molecule has 0 aliphatic rings. The molecule has 3 rings (SSSR count). The minimum absolute atomic E-state index is 0.447. The number of nitrogens with zero attached hydrogens (tertiary/aromatic N) is 3. The Kier molecular flexibility index (Phi) is 7.39. The number of phenolic OH excluding ortho intramolecular Hbond substituents is 1. The summed E-state index contributed by atoms with van der Waals surface area (Å²) in [5.74, 6) is -1.21. The molecule has 0 radical (unpaired) electrons. The number of nitrogens with two attached hydrogens (primary N) is 2. The molecule has 0 aromatic heterocycles. The van der Waals surface area contributed by atoms with Crippen molar-refractivity contribution in [2.24, 2.45) is 0 Å². The third-order valence-corrected chi connectivity index (χ3v) is 4.02. The first-order chi connectivity index (χ1) is 15.1. The van der Waals surface area contributed by atoms with Crippen molar-refractivity contribution in [1.29, 1.82) is 0 Å². The van der Waals surface area contributed by atoms with E-state index in [9.17, 15) is 30.3 Å². The van der Waals surface area contributed by atoms with E-state index in [0.29, 0.717) is 23.5 Å². The Labute approximate surface area is 180 Å². The fraction of sp³-hybridized carbons (Fsp3) is 0. The topological polar surface area (TPSA) is 202 Å². The molecule has 0 bridgehead atoms. The molecule has 0 atom stereocenters. The molecule has 0 fully saturated rings. The van der Waals surface area contributed by atoms with Gasteiger partial charge in [0.05, 0.1) is 26.9 Å². The van der Waals surface area contributed by atoms with Crippen molar-refractivity contribution < 1.29 is 19.9 Å². The highest BCUT2D eigenvalue weighted by Gasteiger charge is 2.30. The molecule has 164 valence electrons. The van der Waals surface area contributed by atoms with E-state index in [1.165, 1.54) is 0 Å². The van der Waals surface area contributed by atoms with E-state index in [1.807, 2.05) is 54.6 Å². The molecule has 12 nitrogen and oxygen atoms in total. The molecule has 3 aromatic rings. The summed E-state index contributed by atoms with van der Waals surface area (Å²) >= 11 is 0. The SMILES string of the molecule is Nc1ccc(/C=C/c2ccccc2)c(N)c1.O=[N+]([O-])c1cc([N+](=O)[O-])c(O)c([N+](=O)[O-])c1. The van der Waals surface area contributed by atoms with Crippen molar-refractivity contribution in [3.8, 4) is 5.75 Å². The monoisotopic (exact) mass is 439 g/mol. The first-order valence-corrected chi connectivity index (χ1v) is 8.78. The van der Waals surface area contributed by atoms with Gasteiger partial charge >= 0.3 is 11.4 Å². The number of aromatic hydroxyl groups is 1. The molecule has 0 unspecified atom stereocenters. The largest absolute Gasteiger partial charge is 0.497 e. The molecule has 0 saturated carbocycles. The standard InChI is InChI=1S/C14H14N2.C6H3N3O7/c15-13-9-8-12(14(16)10-13)7-6-11-4-2-1-3-5-11;10-6-4(8(13)14)1-3(7(11)12)2-5(6)9(15)16/h1-10H,15-16H2;1-2,10H/b7-6+;. The van der Waals surface area contributed by atoms with Crippen LogP contribution in [0.15, 0.2) is 60.7 Å². The molecule has 0 aliphatic carbocycles. The van der Waals surface area contributed by atoms with Crippen LogP contribution in [0.2, 0.25) is 0 Å². The zero-order valence-corrected chi connectivity index (χ0v) is 16.3. The van der Waals surface area contributed by atoms with Crippen molar-refractivity contribution in [2.45, 2.75) is 0 Å². The summed E-state index contributed by atoms with van der Waals surface area (Å²) in [6.45, 7) is 0. The van der Waals surface area contributed by atoms with Gasteiger partial charge in [0.1, 0.15) is 0 Å². The van der Waals surface area contributed by atoms with Crippen molar-refractivity contribution in [3.05, 3.63) is 102 Å². The number of nitrogen functional groups attached to an aromatic ring is 2. The Bertz CT molecular complexity index is 1160. The highest BCUT2D eigenvalue weighted by molar-refractivity contribution is 5.77. The normalized spacial score (nSPS) is 10.2. The lowest BCUT2D eigenvalue weighted by Gasteiger charge is -2.01. The number of nitro groups is 3. The number of benzene rings is 3. The van der Waals surface area contributed by atoms with Gasteiger partial charge in [-0.15, -0.1) is 0 Å². The lowest BCUT2D eigenvalue weighted by atomic mass is 10.1. The molecular weight excluding hydrogens is 422 g/mol. The van der Waals surface area contributed by atoms with Crippen LogP contribution in [0.25, 0.3) is 12.2 Å². The van der Waals surface area contributed by atoms with Crippen LogP contribution >= 0.6 is 0 Å². The minimum atomic E-state index is -1.21. The number of anilines is 2. The summed E-state index contributed by atoms with van der Waals surface area (Å²) in [6.07, 6.45) is 4.02. The maximum Gasteiger partial charge on any atom is 0.324 e. The van der Waals surface area contributed by atoms with E-state index in [4.69, 9.17) is 16.6 Å². The van der Waals surface area contributed by atoms with E-state index in [0.717, 1.165) is 11.1 Å². The lowest BCUT2D eigenvalue weighted by Crippen LogP contribution is -1.97. The molecule has 5 N–H and O–H groups in total. The number of phenols is 1. The van der Waals surface area contributed by atoms with Crippen molar-refractivity contribution in [3.63, 3.8) is 0 Å². The lowest BCUT2D eigenvalue weighted by molar-refractivity contribution is -0.404. The summed E-state index contributed by atoms with van der Waals surface area (Å²) in [7, 11) is 0. The fourth-order valence-corrected chi connectivity index (χ4v) is 2.47. The van der Waals surface area contributed by atoms with Crippen LogP contribution in [0.1, 0.15) is 11.1 Å². The quantitative estimate of drug-likeness (QED) is 0.226. The van der Waals surface area contributed by atoms with Gasteiger partial charge in [-0.05, 0) is 23.3 Å². The first-order valence-electron chi connectivity index (χ1n) is 8.78. The van der Waals surface area contributed by atoms with Gasteiger partial charge in [0, 0.05) is 11.4 Å². The summed E-state index contributed by atoms with van der Waals surface area (Å²) in [6, 6.07) is 16.5. The van der Waals surface area contributed by atoms with E-state index in [2.05, 4.69) is 0 Å². The molecule has 0 aliphatic heterocycles. The highest BCUT2D eigenvalue weighted by Crippen LogP contribution is 2.38. The van der Waals surface area contributed by atoms with E-state index in [1.54, 1.807) is 6.07 Å². The molecular formula is C20H17N5O7. The van der Waals surface area contributed by atoms with Gasteiger partial charge in [-0.1, -0.05) is 48.6 Å². The summed E-state index contributed by atoms with van der Waals surface area (Å²) in [5, 5.41) is 40.2.